The van der Waals surface area contributed by atoms with Gasteiger partial charge in [-0.15, -0.1) is 0 Å². The molecule has 0 heterocycles. The number of nitriles is 1. The number of carboxylic acids is 1. The largest absolute Gasteiger partial charge is 0.479 e. The van der Waals surface area contributed by atoms with Crippen LogP contribution in [0, 0.1) is 18.3 Å². The van der Waals surface area contributed by atoms with E-state index in [1.807, 2.05) is 19.1 Å². The first-order valence-corrected chi connectivity index (χ1v) is 6.17. The zero-order valence-corrected chi connectivity index (χ0v) is 11.0. The van der Waals surface area contributed by atoms with Gasteiger partial charge in [0.05, 0.1) is 11.3 Å². The second kappa shape index (κ2) is 5.89. The fraction of sp³-hybridized carbons (Fsp3) is 0.125. The van der Waals surface area contributed by atoms with E-state index in [1.165, 1.54) is 0 Å². The molecule has 0 saturated heterocycles. The van der Waals surface area contributed by atoms with Gasteiger partial charge < -0.3 is 10.4 Å². The molecule has 0 spiro atoms. The fourth-order valence-corrected chi connectivity index (χ4v) is 2.03. The molecular formula is C16H14N2O2. The number of anilines is 1. The third kappa shape index (κ3) is 2.78. The van der Waals surface area contributed by atoms with Gasteiger partial charge in [0.1, 0.15) is 6.07 Å². The number of rotatable bonds is 4. The van der Waals surface area contributed by atoms with Crippen LogP contribution in [0.25, 0.3) is 0 Å². The fourth-order valence-electron chi connectivity index (χ4n) is 2.03. The molecule has 2 rings (SSSR count). The van der Waals surface area contributed by atoms with Crippen molar-refractivity contribution in [3.63, 3.8) is 0 Å². The van der Waals surface area contributed by atoms with Gasteiger partial charge in [0, 0.05) is 0 Å². The summed E-state index contributed by atoms with van der Waals surface area (Å²) >= 11 is 0. The van der Waals surface area contributed by atoms with Crippen LogP contribution in [-0.4, -0.2) is 11.1 Å². The zero-order chi connectivity index (χ0) is 14.5. The van der Waals surface area contributed by atoms with Crippen LogP contribution in [0.15, 0.2) is 48.5 Å². The minimum absolute atomic E-state index is 0.467. The van der Waals surface area contributed by atoms with E-state index in [2.05, 4.69) is 11.4 Å². The second-order valence-electron chi connectivity index (χ2n) is 4.44. The normalized spacial score (nSPS) is 11.4. The van der Waals surface area contributed by atoms with Crippen LogP contribution >= 0.6 is 0 Å². The summed E-state index contributed by atoms with van der Waals surface area (Å²) in [5, 5.41) is 21.5. The Hall–Kier alpha value is -2.80. The summed E-state index contributed by atoms with van der Waals surface area (Å²) in [7, 11) is 0. The Morgan fingerprint density at radius 1 is 1.20 bits per heavy atom. The average molecular weight is 266 g/mol. The maximum atomic E-state index is 11.4. The lowest BCUT2D eigenvalue weighted by molar-refractivity contribution is -0.138. The number of nitrogens with zero attached hydrogens (tertiary/aromatic N) is 1. The molecule has 2 aromatic rings. The van der Waals surface area contributed by atoms with Crippen LogP contribution in [0.5, 0.6) is 0 Å². The monoisotopic (exact) mass is 266 g/mol. The molecule has 0 aliphatic heterocycles. The van der Waals surface area contributed by atoms with Crippen molar-refractivity contribution in [1.29, 1.82) is 5.26 Å². The van der Waals surface area contributed by atoms with E-state index < -0.39 is 12.0 Å². The molecule has 1 unspecified atom stereocenters. The molecule has 0 aliphatic rings. The third-order valence-electron chi connectivity index (χ3n) is 3.06. The maximum Gasteiger partial charge on any atom is 0.330 e. The van der Waals surface area contributed by atoms with Crippen LogP contribution in [0.4, 0.5) is 5.69 Å². The van der Waals surface area contributed by atoms with Gasteiger partial charge >= 0.3 is 5.97 Å². The van der Waals surface area contributed by atoms with Crippen molar-refractivity contribution in [2.75, 3.05) is 5.32 Å². The Labute approximate surface area is 117 Å². The highest BCUT2D eigenvalue weighted by molar-refractivity contribution is 5.80. The van der Waals surface area contributed by atoms with Crippen LogP contribution in [-0.2, 0) is 4.79 Å². The summed E-state index contributed by atoms with van der Waals surface area (Å²) in [6.07, 6.45) is 0. The number of carbonyl (C=O) groups is 1. The van der Waals surface area contributed by atoms with Gasteiger partial charge in [-0.1, -0.05) is 42.5 Å². The summed E-state index contributed by atoms with van der Waals surface area (Å²) in [5.41, 5.74) is 2.46. The van der Waals surface area contributed by atoms with Crippen molar-refractivity contribution in [3.05, 3.63) is 65.2 Å². The number of hydrogen-bond donors (Lipinski definition) is 2. The molecule has 0 aromatic heterocycles. The summed E-state index contributed by atoms with van der Waals surface area (Å²) in [5.74, 6) is -0.985. The first-order valence-electron chi connectivity index (χ1n) is 6.17. The van der Waals surface area contributed by atoms with Crippen LogP contribution in [0.3, 0.4) is 0 Å². The molecule has 100 valence electrons. The molecule has 2 aromatic carbocycles. The standard InChI is InChI=1S/C16H14N2O2/c1-11-6-5-9-14(13(11)10-17)18-15(16(19)20)12-7-3-2-4-8-12/h2-9,15,18H,1H3,(H,19,20). The lowest BCUT2D eigenvalue weighted by atomic mass is 10.0. The maximum absolute atomic E-state index is 11.4. The number of aliphatic carboxylic acids is 1. The summed E-state index contributed by atoms with van der Waals surface area (Å²) in [4.78, 5) is 11.4. The van der Waals surface area contributed by atoms with Gasteiger partial charge in [-0.25, -0.2) is 4.79 Å². The topological polar surface area (TPSA) is 73.1 Å². The van der Waals surface area contributed by atoms with Crippen molar-refractivity contribution in [3.8, 4) is 6.07 Å². The third-order valence-corrected chi connectivity index (χ3v) is 3.06. The van der Waals surface area contributed by atoms with Gasteiger partial charge in [0.25, 0.3) is 0 Å². The predicted octanol–water partition coefficient (Wildman–Crippen LogP) is 3.10. The number of carboxylic acid groups (broad SMARTS) is 1. The number of benzene rings is 2. The lowest BCUT2D eigenvalue weighted by Crippen LogP contribution is -2.21. The number of nitrogens with one attached hydrogen (secondary N) is 1. The van der Waals surface area contributed by atoms with E-state index >= 15 is 0 Å². The van der Waals surface area contributed by atoms with Gasteiger partial charge in [0.2, 0.25) is 0 Å². The van der Waals surface area contributed by atoms with E-state index in [0.29, 0.717) is 16.8 Å². The Morgan fingerprint density at radius 2 is 1.90 bits per heavy atom. The molecular weight excluding hydrogens is 252 g/mol. The molecule has 0 fully saturated rings. The van der Waals surface area contributed by atoms with Crippen molar-refractivity contribution in [2.45, 2.75) is 13.0 Å². The molecule has 2 N–H and O–H groups in total. The quantitative estimate of drug-likeness (QED) is 0.891. The number of aryl methyl sites for hydroxylation is 1. The first-order chi connectivity index (χ1) is 9.63. The van der Waals surface area contributed by atoms with E-state index in [0.717, 1.165) is 5.56 Å². The molecule has 0 amide bonds. The highest BCUT2D eigenvalue weighted by atomic mass is 16.4. The van der Waals surface area contributed by atoms with Gasteiger partial charge in [-0.3, -0.25) is 0 Å². The molecule has 1 atom stereocenters. The molecule has 20 heavy (non-hydrogen) atoms. The van der Waals surface area contributed by atoms with Gasteiger partial charge in [0.15, 0.2) is 6.04 Å². The van der Waals surface area contributed by atoms with Gasteiger partial charge in [-0.05, 0) is 24.1 Å². The molecule has 0 saturated carbocycles. The summed E-state index contributed by atoms with van der Waals surface area (Å²) in [6, 6.07) is 15.4. The van der Waals surface area contributed by atoms with Crippen molar-refractivity contribution >= 4 is 11.7 Å². The molecule has 0 bridgehead atoms. The van der Waals surface area contributed by atoms with Crippen molar-refractivity contribution < 1.29 is 9.90 Å². The van der Waals surface area contributed by atoms with E-state index in [1.54, 1.807) is 36.4 Å². The van der Waals surface area contributed by atoms with Crippen molar-refractivity contribution in [1.82, 2.24) is 0 Å². The SMILES string of the molecule is Cc1cccc(NC(C(=O)O)c2ccccc2)c1C#N. The molecule has 0 radical (unpaired) electrons. The van der Waals surface area contributed by atoms with Crippen LogP contribution < -0.4 is 5.32 Å². The van der Waals surface area contributed by atoms with E-state index in [9.17, 15) is 15.2 Å². The van der Waals surface area contributed by atoms with Crippen molar-refractivity contribution in [2.24, 2.45) is 0 Å². The Morgan fingerprint density at radius 3 is 2.50 bits per heavy atom. The van der Waals surface area contributed by atoms with Crippen LogP contribution in [0.2, 0.25) is 0 Å². The second-order valence-corrected chi connectivity index (χ2v) is 4.44. The van der Waals surface area contributed by atoms with E-state index in [-0.39, 0.29) is 0 Å². The highest BCUT2D eigenvalue weighted by Crippen LogP contribution is 2.24. The highest BCUT2D eigenvalue weighted by Gasteiger charge is 2.20. The Bertz CT molecular complexity index is 660. The lowest BCUT2D eigenvalue weighted by Gasteiger charge is -2.17. The molecule has 4 heteroatoms. The van der Waals surface area contributed by atoms with E-state index in [4.69, 9.17) is 0 Å². The average Bonchev–Trinajstić information content (AvgIpc) is 2.45. The Kier molecular flexibility index (Phi) is 4.02. The summed E-state index contributed by atoms with van der Waals surface area (Å²) < 4.78 is 0. The van der Waals surface area contributed by atoms with Gasteiger partial charge in [-0.2, -0.15) is 5.26 Å². The number of hydrogen-bond acceptors (Lipinski definition) is 3. The smallest absolute Gasteiger partial charge is 0.330 e. The first kappa shape index (κ1) is 13.6. The Balaban J connectivity index is 2.38. The minimum Gasteiger partial charge on any atom is -0.479 e. The van der Waals surface area contributed by atoms with Crippen LogP contribution in [0.1, 0.15) is 22.7 Å². The zero-order valence-electron chi connectivity index (χ0n) is 11.0. The molecule has 0 aliphatic carbocycles. The molecule has 4 nitrogen and oxygen atoms in total. The predicted molar refractivity (Wildman–Crippen MR) is 76.3 cm³/mol. The summed E-state index contributed by atoms with van der Waals surface area (Å²) in [6.45, 7) is 1.82. The minimum atomic E-state index is -0.985.